The summed E-state index contributed by atoms with van der Waals surface area (Å²) >= 11 is 0. The lowest BCUT2D eigenvalue weighted by Crippen LogP contribution is -2.32. The first-order valence-corrected chi connectivity index (χ1v) is 10.7. The van der Waals surface area contributed by atoms with Crippen LogP contribution in [0.1, 0.15) is 37.4 Å². The Morgan fingerprint density at radius 3 is 2.38 bits per heavy atom. The van der Waals surface area contributed by atoms with Crippen molar-refractivity contribution in [1.29, 1.82) is 0 Å². The number of carbonyl (C=O) groups excluding carboxylic acids is 2. The molecular formula is C25H29FN2O4. The summed E-state index contributed by atoms with van der Waals surface area (Å²) in [6.45, 7) is 4.77. The molecule has 32 heavy (non-hydrogen) atoms. The van der Waals surface area contributed by atoms with Crippen molar-refractivity contribution in [3.63, 3.8) is 0 Å². The number of ketones is 1. The van der Waals surface area contributed by atoms with Crippen LogP contribution in [-0.2, 0) is 9.59 Å². The molecule has 7 heteroatoms. The normalized spacial score (nSPS) is 18.1. The molecule has 0 aromatic heterocycles. The van der Waals surface area contributed by atoms with Crippen molar-refractivity contribution in [2.24, 2.45) is 0 Å². The maximum absolute atomic E-state index is 14.8. The van der Waals surface area contributed by atoms with Crippen molar-refractivity contribution in [3.8, 4) is 5.75 Å². The maximum Gasteiger partial charge on any atom is 0.295 e. The first kappa shape index (κ1) is 23.5. The lowest BCUT2D eigenvalue weighted by atomic mass is 9.95. The fourth-order valence-electron chi connectivity index (χ4n) is 3.81. The van der Waals surface area contributed by atoms with Gasteiger partial charge in [-0.15, -0.1) is 0 Å². The van der Waals surface area contributed by atoms with Crippen molar-refractivity contribution in [2.75, 3.05) is 27.2 Å². The van der Waals surface area contributed by atoms with E-state index in [1.54, 1.807) is 36.4 Å². The van der Waals surface area contributed by atoms with Crippen molar-refractivity contribution >= 4 is 17.4 Å². The van der Waals surface area contributed by atoms with Crippen LogP contribution < -0.4 is 4.74 Å². The second kappa shape index (κ2) is 9.96. The zero-order valence-corrected chi connectivity index (χ0v) is 18.8. The third kappa shape index (κ3) is 4.99. The van der Waals surface area contributed by atoms with Gasteiger partial charge in [0.1, 0.15) is 17.3 Å². The van der Waals surface area contributed by atoms with Gasteiger partial charge in [-0.25, -0.2) is 4.39 Å². The zero-order valence-electron chi connectivity index (χ0n) is 18.8. The van der Waals surface area contributed by atoms with Crippen LogP contribution in [0.4, 0.5) is 4.39 Å². The van der Waals surface area contributed by atoms with Gasteiger partial charge in [0.2, 0.25) is 0 Å². The lowest BCUT2D eigenvalue weighted by Gasteiger charge is -2.26. The number of aliphatic hydroxyl groups is 1. The molecule has 1 fully saturated rings. The maximum atomic E-state index is 14.8. The predicted octanol–water partition coefficient (Wildman–Crippen LogP) is 3.99. The molecule has 0 spiro atoms. The number of halogens is 1. The van der Waals surface area contributed by atoms with E-state index >= 15 is 0 Å². The zero-order chi connectivity index (χ0) is 23.4. The highest BCUT2D eigenvalue weighted by Gasteiger charge is 2.46. The molecule has 170 valence electrons. The second-order valence-corrected chi connectivity index (χ2v) is 8.36. The molecule has 0 aliphatic carbocycles. The third-order valence-corrected chi connectivity index (χ3v) is 5.24. The van der Waals surface area contributed by atoms with Crippen molar-refractivity contribution in [2.45, 2.75) is 32.4 Å². The second-order valence-electron chi connectivity index (χ2n) is 8.36. The molecule has 2 aromatic rings. The van der Waals surface area contributed by atoms with Crippen LogP contribution in [0.15, 0.2) is 54.1 Å². The summed E-state index contributed by atoms with van der Waals surface area (Å²) in [5.74, 6) is -1.81. The quantitative estimate of drug-likeness (QED) is 0.382. The smallest absolute Gasteiger partial charge is 0.295 e. The number of hydrogen-bond donors (Lipinski definition) is 1. The third-order valence-electron chi connectivity index (χ3n) is 5.24. The Balaban J connectivity index is 2.05. The van der Waals surface area contributed by atoms with Gasteiger partial charge in [0, 0.05) is 17.7 Å². The molecule has 2 aromatic carbocycles. The molecule has 1 aliphatic rings. The van der Waals surface area contributed by atoms with E-state index in [0.29, 0.717) is 24.3 Å². The molecule has 1 N–H and O–H groups in total. The van der Waals surface area contributed by atoms with E-state index in [9.17, 15) is 19.1 Å². The van der Waals surface area contributed by atoms with Gasteiger partial charge in [-0.1, -0.05) is 18.2 Å². The first-order chi connectivity index (χ1) is 15.2. The average molecular weight is 441 g/mol. The largest absolute Gasteiger partial charge is 0.507 e. The van der Waals surface area contributed by atoms with Gasteiger partial charge in [-0.2, -0.15) is 0 Å². The summed E-state index contributed by atoms with van der Waals surface area (Å²) in [5, 5.41) is 11.0. The molecule has 6 nitrogen and oxygen atoms in total. The number of Topliss-reactive ketones (excluding diaryl/α,β-unsaturated/α-hetero) is 1. The van der Waals surface area contributed by atoms with E-state index in [4.69, 9.17) is 4.74 Å². The number of nitrogens with zero attached hydrogens (tertiary/aromatic N) is 2. The van der Waals surface area contributed by atoms with E-state index in [2.05, 4.69) is 0 Å². The minimum Gasteiger partial charge on any atom is -0.507 e. The first-order valence-electron chi connectivity index (χ1n) is 10.7. The SMILES string of the molecule is CC(C)Oc1ccc(C(O)=C2C(=O)C(=O)N(CCCN(C)C)[C@H]2c2ccccc2F)cc1. The summed E-state index contributed by atoms with van der Waals surface area (Å²) in [6, 6.07) is 11.6. The number of amides is 1. The molecule has 1 amide bonds. The highest BCUT2D eigenvalue weighted by molar-refractivity contribution is 6.46. The van der Waals surface area contributed by atoms with Gasteiger partial charge in [0.15, 0.2) is 0 Å². The molecular weight excluding hydrogens is 411 g/mol. The van der Waals surface area contributed by atoms with Gasteiger partial charge >= 0.3 is 0 Å². The van der Waals surface area contributed by atoms with Crippen LogP contribution in [0.5, 0.6) is 5.75 Å². The highest BCUT2D eigenvalue weighted by Crippen LogP contribution is 2.40. The lowest BCUT2D eigenvalue weighted by molar-refractivity contribution is -0.140. The van der Waals surface area contributed by atoms with Crippen LogP contribution in [-0.4, -0.2) is 59.9 Å². The Labute approximate surface area is 187 Å². The van der Waals surface area contributed by atoms with E-state index in [1.165, 1.54) is 17.0 Å². The predicted molar refractivity (Wildman–Crippen MR) is 121 cm³/mol. The Kier molecular flexibility index (Phi) is 7.30. The number of rotatable bonds is 8. The van der Waals surface area contributed by atoms with Crippen LogP contribution >= 0.6 is 0 Å². The molecule has 1 aliphatic heterocycles. The van der Waals surface area contributed by atoms with Gasteiger partial charge < -0.3 is 19.6 Å². The topological polar surface area (TPSA) is 70.1 Å². The molecule has 0 bridgehead atoms. The van der Waals surface area contributed by atoms with Gasteiger partial charge in [0.25, 0.3) is 11.7 Å². The van der Waals surface area contributed by atoms with Gasteiger partial charge in [-0.3, -0.25) is 9.59 Å². The van der Waals surface area contributed by atoms with Crippen molar-refractivity contribution in [1.82, 2.24) is 9.80 Å². The van der Waals surface area contributed by atoms with E-state index in [1.807, 2.05) is 32.8 Å². The van der Waals surface area contributed by atoms with Crippen LogP contribution in [0, 0.1) is 5.82 Å². The number of likely N-dealkylation sites (tertiary alicyclic amines) is 1. The average Bonchev–Trinajstić information content (AvgIpc) is 2.98. The molecule has 0 saturated carbocycles. The Morgan fingerprint density at radius 1 is 1.12 bits per heavy atom. The van der Waals surface area contributed by atoms with Crippen LogP contribution in [0.25, 0.3) is 5.76 Å². The standard InChI is InChI=1S/C25H29FN2O4/c1-16(2)32-18-12-10-17(11-13-18)23(29)21-22(19-8-5-6-9-20(19)26)28(25(31)24(21)30)15-7-14-27(3)4/h5-6,8-13,16,22,29H,7,14-15H2,1-4H3/t22-/m0/s1. The molecule has 1 atom stereocenters. The summed E-state index contributed by atoms with van der Waals surface area (Å²) in [5.41, 5.74) is 0.425. The number of benzene rings is 2. The minimum absolute atomic E-state index is 0.0111. The Morgan fingerprint density at radius 2 is 1.78 bits per heavy atom. The van der Waals surface area contributed by atoms with E-state index in [0.717, 1.165) is 0 Å². The minimum atomic E-state index is -0.995. The number of hydrogen-bond acceptors (Lipinski definition) is 5. The molecule has 0 unspecified atom stereocenters. The van der Waals surface area contributed by atoms with E-state index in [-0.39, 0.29) is 29.5 Å². The summed E-state index contributed by atoms with van der Waals surface area (Å²) in [6.07, 6.45) is 0.592. The number of carbonyl (C=O) groups is 2. The van der Waals surface area contributed by atoms with Gasteiger partial charge in [0.05, 0.1) is 17.7 Å². The molecule has 1 saturated heterocycles. The van der Waals surface area contributed by atoms with Crippen molar-refractivity contribution < 1.29 is 23.8 Å². The number of ether oxygens (including phenoxy) is 1. The summed E-state index contributed by atoms with van der Waals surface area (Å²) < 4.78 is 20.4. The highest BCUT2D eigenvalue weighted by atomic mass is 19.1. The Hall–Kier alpha value is -3.19. The molecule has 1 heterocycles. The molecule has 0 radical (unpaired) electrons. The van der Waals surface area contributed by atoms with Gasteiger partial charge in [-0.05, 0) is 71.2 Å². The fraction of sp³-hybridized carbons (Fsp3) is 0.360. The van der Waals surface area contributed by atoms with Crippen molar-refractivity contribution in [3.05, 3.63) is 71.0 Å². The van der Waals surface area contributed by atoms with Crippen LogP contribution in [0.3, 0.4) is 0 Å². The fourth-order valence-corrected chi connectivity index (χ4v) is 3.81. The monoisotopic (exact) mass is 440 g/mol. The molecule has 3 rings (SSSR count). The summed E-state index contributed by atoms with van der Waals surface area (Å²) in [7, 11) is 3.82. The number of aliphatic hydroxyl groups excluding tert-OH is 1. The summed E-state index contributed by atoms with van der Waals surface area (Å²) in [4.78, 5) is 29.2. The van der Waals surface area contributed by atoms with E-state index < -0.39 is 23.5 Å². The Bertz CT molecular complexity index is 1010. The van der Waals surface area contributed by atoms with Crippen LogP contribution in [0.2, 0.25) is 0 Å².